The summed E-state index contributed by atoms with van der Waals surface area (Å²) in [6.45, 7) is 7.80. The number of hydrogen-bond acceptors (Lipinski definition) is 3. The van der Waals surface area contributed by atoms with Gasteiger partial charge >= 0.3 is 0 Å². The van der Waals surface area contributed by atoms with Crippen LogP contribution in [0.3, 0.4) is 0 Å². The molecule has 1 aliphatic carbocycles. The van der Waals surface area contributed by atoms with E-state index in [1.165, 1.54) is 32.1 Å². The molecule has 3 nitrogen and oxygen atoms in total. The Kier molecular flexibility index (Phi) is 7.96. The highest BCUT2D eigenvalue weighted by molar-refractivity contribution is 4.87. The van der Waals surface area contributed by atoms with Crippen LogP contribution in [0.4, 0.5) is 0 Å². The maximum absolute atomic E-state index is 10.4. The molecule has 0 aromatic heterocycles. The Morgan fingerprint density at radius 3 is 2.32 bits per heavy atom. The van der Waals surface area contributed by atoms with Crippen molar-refractivity contribution in [3.8, 4) is 0 Å². The lowest BCUT2D eigenvalue weighted by molar-refractivity contribution is -0.000553. The molecule has 0 amide bonds. The quantitative estimate of drug-likeness (QED) is 0.734. The van der Waals surface area contributed by atoms with Gasteiger partial charge in [-0.2, -0.15) is 0 Å². The van der Waals surface area contributed by atoms with Crippen molar-refractivity contribution in [3.63, 3.8) is 0 Å². The molecule has 0 spiro atoms. The lowest BCUT2D eigenvalue weighted by atomic mass is 9.80. The fraction of sp³-hybridized carbons (Fsp3) is 1.00. The van der Waals surface area contributed by atoms with Crippen molar-refractivity contribution in [3.05, 3.63) is 0 Å². The maximum Gasteiger partial charge on any atom is 0.0695 e. The first-order chi connectivity index (χ1) is 9.08. The van der Waals surface area contributed by atoms with Gasteiger partial charge in [0.1, 0.15) is 0 Å². The first-order valence-electron chi connectivity index (χ1n) is 8.15. The van der Waals surface area contributed by atoms with Crippen molar-refractivity contribution in [2.24, 2.45) is 5.92 Å². The fourth-order valence-corrected chi connectivity index (χ4v) is 3.34. The topological polar surface area (TPSA) is 26.7 Å². The summed E-state index contributed by atoms with van der Waals surface area (Å²) in [6, 6.07) is 0.394. The van der Waals surface area contributed by atoms with Crippen LogP contribution in [0.1, 0.15) is 52.4 Å². The highest BCUT2D eigenvalue weighted by atomic mass is 16.3. The summed E-state index contributed by atoms with van der Waals surface area (Å²) in [6.07, 6.45) is 7.09. The molecule has 1 N–H and O–H groups in total. The van der Waals surface area contributed by atoms with Gasteiger partial charge in [0.25, 0.3) is 0 Å². The number of likely N-dealkylation sites (N-methyl/N-ethyl adjacent to an activating group) is 1. The molecule has 1 rings (SSSR count). The van der Waals surface area contributed by atoms with Crippen LogP contribution in [0, 0.1) is 5.92 Å². The van der Waals surface area contributed by atoms with E-state index in [0.29, 0.717) is 6.04 Å². The van der Waals surface area contributed by atoms with E-state index in [-0.39, 0.29) is 6.10 Å². The second-order valence-corrected chi connectivity index (χ2v) is 6.44. The smallest absolute Gasteiger partial charge is 0.0695 e. The first kappa shape index (κ1) is 16.9. The molecule has 0 bridgehead atoms. The molecule has 1 fully saturated rings. The molecule has 3 heteroatoms. The lowest BCUT2D eigenvalue weighted by Gasteiger charge is -2.41. The van der Waals surface area contributed by atoms with Gasteiger partial charge in [-0.25, -0.2) is 0 Å². The summed E-state index contributed by atoms with van der Waals surface area (Å²) in [7, 11) is 4.25. The van der Waals surface area contributed by atoms with Crippen molar-refractivity contribution < 1.29 is 5.11 Å². The third-order valence-electron chi connectivity index (χ3n) is 4.40. The third kappa shape index (κ3) is 5.80. The second-order valence-electron chi connectivity index (χ2n) is 6.44. The monoisotopic (exact) mass is 270 g/mol. The molecule has 19 heavy (non-hydrogen) atoms. The predicted octanol–water partition coefficient (Wildman–Crippen LogP) is 2.59. The zero-order chi connectivity index (χ0) is 14.3. The molecule has 114 valence electrons. The minimum absolute atomic E-state index is 0.109. The van der Waals surface area contributed by atoms with Gasteiger partial charge in [0, 0.05) is 19.1 Å². The third-order valence-corrected chi connectivity index (χ3v) is 4.40. The lowest BCUT2D eigenvalue weighted by Crippen LogP contribution is -2.49. The van der Waals surface area contributed by atoms with Crippen LogP contribution >= 0.6 is 0 Å². The molecule has 0 saturated heterocycles. The van der Waals surface area contributed by atoms with Crippen molar-refractivity contribution in [1.82, 2.24) is 9.80 Å². The van der Waals surface area contributed by atoms with E-state index < -0.39 is 0 Å². The summed E-state index contributed by atoms with van der Waals surface area (Å²) in [5.41, 5.74) is 0. The Balaban J connectivity index is 2.57. The van der Waals surface area contributed by atoms with Gasteiger partial charge in [0.15, 0.2) is 0 Å². The van der Waals surface area contributed by atoms with Crippen LogP contribution in [0.2, 0.25) is 0 Å². The average Bonchev–Trinajstić information content (AvgIpc) is 2.37. The van der Waals surface area contributed by atoms with Gasteiger partial charge in [-0.15, -0.1) is 0 Å². The number of aliphatic hydroxyl groups is 1. The van der Waals surface area contributed by atoms with Gasteiger partial charge in [0.2, 0.25) is 0 Å². The highest BCUT2D eigenvalue weighted by Crippen LogP contribution is 2.31. The molecule has 0 aromatic carbocycles. The van der Waals surface area contributed by atoms with Crippen LogP contribution in [0.15, 0.2) is 0 Å². The summed E-state index contributed by atoms with van der Waals surface area (Å²) >= 11 is 0. The van der Waals surface area contributed by atoms with E-state index >= 15 is 0 Å². The Labute approximate surface area is 120 Å². The first-order valence-corrected chi connectivity index (χ1v) is 8.15. The molecule has 3 atom stereocenters. The van der Waals surface area contributed by atoms with Gasteiger partial charge in [-0.1, -0.05) is 26.7 Å². The van der Waals surface area contributed by atoms with Crippen molar-refractivity contribution in [2.75, 3.05) is 33.7 Å². The van der Waals surface area contributed by atoms with E-state index in [2.05, 4.69) is 37.7 Å². The molecule has 1 aliphatic rings. The Morgan fingerprint density at radius 1 is 1.00 bits per heavy atom. The van der Waals surface area contributed by atoms with Crippen LogP contribution in [-0.4, -0.2) is 60.8 Å². The van der Waals surface area contributed by atoms with E-state index in [1.807, 2.05) is 0 Å². The second kappa shape index (κ2) is 8.93. The molecule has 0 heterocycles. The van der Waals surface area contributed by atoms with E-state index in [1.54, 1.807) is 0 Å². The highest BCUT2D eigenvalue weighted by Gasteiger charge is 2.32. The summed E-state index contributed by atoms with van der Waals surface area (Å²) in [4.78, 5) is 4.77. The summed E-state index contributed by atoms with van der Waals surface area (Å²) < 4.78 is 0. The van der Waals surface area contributed by atoms with Gasteiger partial charge < -0.3 is 10.0 Å². The molecule has 0 aliphatic heterocycles. The van der Waals surface area contributed by atoms with Gasteiger partial charge in [-0.3, -0.25) is 4.90 Å². The predicted molar refractivity (Wildman–Crippen MR) is 82.5 cm³/mol. The molecule has 1 saturated carbocycles. The van der Waals surface area contributed by atoms with Crippen LogP contribution < -0.4 is 0 Å². The minimum Gasteiger partial charge on any atom is -0.391 e. The zero-order valence-corrected chi connectivity index (χ0v) is 13.4. The summed E-state index contributed by atoms with van der Waals surface area (Å²) in [5, 5.41) is 10.4. The zero-order valence-electron chi connectivity index (χ0n) is 13.4. The van der Waals surface area contributed by atoms with E-state index in [4.69, 9.17) is 0 Å². The molecular formula is C16H34N2O. The maximum atomic E-state index is 10.4. The van der Waals surface area contributed by atoms with Gasteiger partial charge in [-0.05, 0) is 52.2 Å². The Bertz CT molecular complexity index is 233. The van der Waals surface area contributed by atoms with Crippen LogP contribution in [0.5, 0.6) is 0 Å². The number of nitrogens with zero attached hydrogens (tertiary/aromatic N) is 2. The van der Waals surface area contributed by atoms with Crippen molar-refractivity contribution in [2.45, 2.75) is 64.5 Å². The number of aliphatic hydroxyl groups excluding tert-OH is 1. The molecule has 0 radical (unpaired) electrons. The SMILES string of the molecule is CCCC1CCC(O)C(N(CCC)CCN(C)C)C1. The number of rotatable bonds is 8. The van der Waals surface area contributed by atoms with Crippen molar-refractivity contribution in [1.29, 1.82) is 0 Å². The van der Waals surface area contributed by atoms with Crippen molar-refractivity contribution >= 4 is 0 Å². The molecule has 3 unspecified atom stereocenters. The van der Waals surface area contributed by atoms with Crippen LogP contribution in [0.25, 0.3) is 0 Å². The fourth-order valence-electron chi connectivity index (χ4n) is 3.34. The Morgan fingerprint density at radius 2 is 1.74 bits per heavy atom. The Hall–Kier alpha value is -0.120. The summed E-state index contributed by atoms with van der Waals surface area (Å²) in [5.74, 6) is 0.831. The standard InChI is InChI=1S/C16H34N2O/c1-5-7-14-8-9-16(19)15(13-14)18(10-6-2)12-11-17(3)4/h14-16,19H,5-13H2,1-4H3. The molecular weight excluding hydrogens is 236 g/mol. The minimum atomic E-state index is -0.109. The van der Waals surface area contributed by atoms with E-state index in [0.717, 1.165) is 32.0 Å². The number of hydrogen-bond donors (Lipinski definition) is 1. The van der Waals surface area contributed by atoms with Gasteiger partial charge in [0.05, 0.1) is 6.10 Å². The van der Waals surface area contributed by atoms with E-state index in [9.17, 15) is 5.11 Å². The normalized spacial score (nSPS) is 28.3. The average molecular weight is 270 g/mol. The largest absolute Gasteiger partial charge is 0.391 e. The molecule has 0 aromatic rings. The van der Waals surface area contributed by atoms with Crippen LogP contribution in [-0.2, 0) is 0 Å².